The molecule has 0 spiro atoms. The first kappa shape index (κ1) is 21.6. The Morgan fingerprint density at radius 3 is 2.61 bits per heavy atom. The third-order valence-electron chi connectivity index (χ3n) is 7.48. The van der Waals surface area contributed by atoms with Crippen molar-refractivity contribution in [1.29, 1.82) is 0 Å². The van der Waals surface area contributed by atoms with E-state index >= 15 is 0 Å². The summed E-state index contributed by atoms with van der Waals surface area (Å²) < 4.78 is 30.9. The quantitative estimate of drug-likeness (QED) is 0.641. The normalized spacial score (nSPS) is 32.2. The molecule has 1 amide bonds. The molecule has 1 heterocycles. The Labute approximate surface area is 168 Å². The van der Waals surface area contributed by atoms with Crippen molar-refractivity contribution in [3.05, 3.63) is 0 Å². The lowest BCUT2D eigenvalue weighted by atomic mass is 9.45. The number of esters is 1. The number of ether oxygens (including phenoxy) is 1. The summed E-state index contributed by atoms with van der Waals surface area (Å²) in [5.74, 6) is 0.906. The second kappa shape index (κ2) is 8.30. The van der Waals surface area contributed by atoms with E-state index in [9.17, 15) is 18.0 Å². The van der Waals surface area contributed by atoms with E-state index in [0.29, 0.717) is 43.2 Å². The summed E-state index contributed by atoms with van der Waals surface area (Å²) in [5.41, 5.74) is 0.392. The molecular formula is C20H34N2O5S. The smallest absolute Gasteiger partial charge is 0.306 e. The zero-order valence-corrected chi connectivity index (χ0v) is 18.1. The van der Waals surface area contributed by atoms with Crippen LogP contribution in [0, 0.1) is 29.1 Å². The highest BCUT2D eigenvalue weighted by Gasteiger charge is 2.54. The molecule has 3 saturated carbocycles. The molecule has 4 aliphatic rings. The van der Waals surface area contributed by atoms with Gasteiger partial charge in [-0.15, -0.1) is 0 Å². The number of piperidine rings is 1. The SMILES string of the molecule is COC(=O)CCS(=O)(=O)N1CCCC(C(=O)NC[C@@H]2CC[C@H]3C[C@@H]2C3(C)C)C1. The Balaban J connectivity index is 1.49. The van der Waals surface area contributed by atoms with Gasteiger partial charge in [0.05, 0.1) is 25.2 Å². The Morgan fingerprint density at radius 1 is 1.21 bits per heavy atom. The maximum Gasteiger partial charge on any atom is 0.306 e. The number of nitrogens with one attached hydrogen (secondary N) is 1. The van der Waals surface area contributed by atoms with Crippen LogP contribution in [0.1, 0.15) is 52.4 Å². The van der Waals surface area contributed by atoms with Gasteiger partial charge in [0.15, 0.2) is 0 Å². The summed E-state index contributed by atoms with van der Waals surface area (Å²) in [4.78, 5) is 24.0. The Morgan fingerprint density at radius 2 is 1.96 bits per heavy atom. The minimum Gasteiger partial charge on any atom is -0.469 e. The molecule has 0 aromatic carbocycles. The lowest BCUT2D eigenvalue weighted by molar-refractivity contribution is -0.140. The molecule has 0 radical (unpaired) electrons. The third kappa shape index (κ3) is 4.37. The van der Waals surface area contributed by atoms with E-state index in [-0.39, 0.29) is 30.5 Å². The molecule has 8 heteroatoms. The van der Waals surface area contributed by atoms with E-state index in [1.54, 1.807) is 0 Å². The average Bonchev–Trinajstić information content (AvgIpc) is 2.70. The van der Waals surface area contributed by atoms with Gasteiger partial charge in [0.1, 0.15) is 0 Å². The predicted octanol–water partition coefficient (Wildman–Crippen LogP) is 1.78. The summed E-state index contributed by atoms with van der Waals surface area (Å²) in [7, 11) is -2.31. The van der Waals surface area contributed by atoms with Crippen molar-refractivity contribution in [2.45, 2.75) is 52.4 Å². The molecule has 2 bridgehead atoms. The molecule has 1 aliphatic heterocycles. The third-order valence-corrected chi connectivity index (χ3v) is 9.32. The fourth-order valence-electron chi connectivity index (χ4n) is 5.44. The zero-order valence-electron chi connectivity index (χ0n) is 17.3. The van der Waals surface area contributed by atoms with Gasteiger partial charge in [-0.2, -0.15) is 0 Å². The van der Waals surface area contributed by atoms with Gasteiger partial charge in [-0.25, -0.2) is 12.7 Å². The van der Waals surface area contributed by atoms with Crippen LogP contribution >= 0.6 is 0 Å². The molecule has 0 aromatic heterocycles. The summed E-state index contributed by atoms with van der Waals surface area (Å²) in [5, 5.41) is 3.11. The van der Waals surface area contributed by atoms with Crippen molar-refractivity contribution < 1.29 is 22.7 Å². The maximum absolute atomic E-state index is 12.7. The van der Waals surface area contributed by atoms with Gasteiger partial charge in [0.2, 0.25) is 15.9 Å². The number of sulfonamides is 1. The van der Waals surface area contributed by atoms with Crippen molar-refractivity contribution in [2.75, 3.05) is 32.5 Å². The molecule has 1 saturated heterocycles. The minimum atomic E-state index is -3.56. The molecule has 1 unspecified atom stereocenters. The topological polar surface area (TPSA) is 92.8 Å². The molecule has 7 nitrogen and oxygen atoms in total. The van der Waals surface area contributed by atoms with Gasteiger partial charge in [-0.3, -0.25) is 9.59 Å². The molecular weight excluding hydrogens is 380 g/mol. The van der Waals surface area contributed by atoms with Gasteiger partial charge >= 0.3 is 5.97 Å². The number of fused-ring (bicyclic) bond motifs is 2. The standard InChI is InChI=1S/C20H34N2O5S/c1-20(2)16-7-6-14(17(20)11-16)12-21-19(24)15-5-4-9-22(13-15)28(25,26)10-8-18(23)27-3/h14-17H,4-13H2,1-3H3,(H,21,24)/t14-,15?,16-,17-/m0/s1. The van der Waals surface area contributed by atoms with Crippen molar-refractivity contribution in [1.82, 2.24) is 9.62 Å². The Kier molecular flexibility index (Phi) is 6.39. The zero-order chi connectivity index (χ0) is 20.5. The van der Waals surface area contributed by atoms with Crippen LogP contribution < -0.4 is 5.32 Å². The number of carbonyl (C=O) groups excluding carboxylic acids is 2. The van der Waals surface area contributed by atoms with E-state index < -0.39 is 16.0 Å². The van der Waals surface area contributed by atoms with Crippen LogP contribution in [-0.4, -0.2) is 57.1 Å². The Bertz CT molecular complexity index is 703. The molecule has 4 rings (SSSR count). The number of hydrogen-bond acceptors (Lipinski definition) is 5. The lowest BCUT2D eigenvalue weighted by Gasteiger charge is -2.60. The van der Waals surface area contributed by atoms with Crippen LogP contribution in [0.4, 0.5) is 0 Å². The van der Waals surface area contributed by atoms with Crippen molar-refractivity contribution in [3.63, 3.8) is 0 Å². The lowest BCUT2D eigenvalue weighted by Crippen LogP contribution is -2.55. The highest BCUT2D eigenvalue weighted by Crippen LogP contribution is 2.61. The van der Waals surface area contributed by atoms with E-state index in [1.165, 1.54) is 30.7 Å². The largest absolute Gasteiger partial charge is 0.469 e. The van der Waals surface area contributed by atoms with Gasteiger partial charge < -0.3 is 10.1 Å². The monoisotopic (exact) mass is 414 g/mol. The molecule has 4 fully saturated rings. The van der Waals surface area contributed by atoms with Gasteiger partial charge in [0, 0.05) is 19.6 Å². The van der Waals surface area contributed by atoms with Crippen LogP contribution in [0.5, 0.6) is 0 Å². The van der Waals surface area contributed by atoms with E-state index in [0.717, 1.165) is 5.92 Å². The van der Waals surface area contributed by atoms with Crippen molar-refractivity contribution >= 4 is 21.9 Å². The highest BCUT2D eigenvalue weighted by atomic mass is 32.2. The average molecular weight is 415 g/mol. The van der Waals surface area contributed by atoms with Gasteiger partial charge in [-0.05, 0) is 55.3 Å². The van der Waals surface area contributed by atoms with Crippen molar-refractivity contribution in [3.8, 4) is 0 Å². The summed E-state index contributed by atoms with van der Waals surface area (Å²) >= 11 is 0. The number of nitrogens with zero attached hydrogens (tertiary/aromatic N) is 1. The van der Waals surface area contributed by atoms with Crippen molar-refractivity contribution in [2.24, 2.45) is 29.1 Å². The van der Waals surface area contributed by atoms with Crippen LogP contribution in [0.15, 0.2) is 0 Å². The molecule has 4 atom stereocenters. The fourth-order valence-corrected chi connectivity index (χ4v) is 6.93. The van der Waals surface area contributed by atoms with E-state index in [4.69, 9.17) is 0 Å². The minimum absolute atomic E-state index is 0.0351. The number of methoxy groups -OCH3 is 1. The first-order valence-electron chi connectivity index (χ1n) is 10.5. The highest BCUT2D eigenvalue weighted by molar-refractivity contribution is 7.89. The van der Waals surface area contributed by atoms with Gasteiger partial charge in [-0.1, -0.05) is 13.8 Å². The maximum atomic E-state index is 12.7. The molecule has 28 heavy (non-hydrogen) atoms. The molecule has 0 aromatic rings. The van der Waals surface area contributed by atoms with Crippen LogP contribution in [0.2, 0.25) is 0 Å². The molecule has 1 N–H and O–H groups in total. The fraction of sp³-hybridized carbons (Fsp3) is 0.900. The number of hydrogen-bond donors (Lipinski definition) is 1. The second-order valence-electron chi connectivity index (χ2n) is 9.28. The first-order valence-corrected chi connectivity index (χ1v) is 12.1. The predicted molar refractivity (Wildman–Crippen MR) is 106 cm³/mol. The van der Waals surface area contributed by atoms with E-state index in [1.807, 2.05) is 0 Å². The van der Waals surface area contributed by atoms with Crippen LogP contribution in [0.3, 0.4) is 0 Å². The van der Waals surface area contributed by atoms with E-state index in [2.05, 4.69) is 23.9 Å². The number of amides is 1. The summed E-state index contributed by atoms with van der Waals surface area (Å²) in [6.07, 6.45) is 4.92. The van der Waals surface area contributed by atoms with Crippen LogP contribution in [-0.2, 0) is 24.3 Å². The molecule has 3 aliphatic carbocycles. The summed E-state index contributed by atoms with van der Waals surface area (Å²) in [6.45, 7) is 6.01. The Hall–Kier alpha value is -1.15. The number of carbonyl (C=O) groups is 2. The van der Waals surface area contributed by atoms with Gasteiger partial charge in [0.25, 0.3) is 0 Å². The first-order chi connectivity index (χ1) is 13.1. The molecule has 160 valence electrons. The second-order valence-corrected chi connectivity index (χ2v) is 11.4. The van der Waals surface area contributed by atoms with Crippen LogP contribution in [0.25, 0.3) is 0 Å². The number of rotatable bonds is 7. The summed E-state index contributed by atoms with van der Waals surface area (Å²) in [6, 6.07) is 0.